The highest BCUT2D eigenvalue weighted by atomic mass is 16.2. The second-order valence-electron chi connectivity index (χ2n) is 7.70. The molecule has 0 atom stereocenters. The molecule has 154 valence electrons. The topological polar surface area (TPSA) is 69.7 Å². The van der Waals surface area contributed by atoms with Crippen molar-refractivity contribution in [3.05, 3.63) is 83.9 Å². The molecule has 1 N–H and O–H groups in total. The molecule has 6 nitrogen and oxygen atoms in total. The lowest BCUT2D eigenvalue weighted by Crippen LogP contribution is -2.28. The van der Waals surface area contributed by atoms with Crippen LogP contribution in [0.5, 0.6) is 0 Å². The van der Waals surface area contributed by atoms with E-state index >= 15 is 0 Å². The van der Waals surface area contributed by atoms with Gasteiger partial charge in [-0.2, -0.15) is 0 Å². The minimum Gasteiger partial charge on any atom is -0.341 e. The Labute approximate surface area is 180 Å². The van der Waals surface area contributed by atoms with E-state index in [0.717, 1.165) is 23.6 Å². The molecule has 2 aliphatic rings. The largest absolute Gasteiger partial charge is 0.341 e. The van der Waals surface area contributed by atoms with E-state index in [4.69, 9.17) is 0 Å². The van der Waals surface area contributed by atoms with Crippen molar-refractivity contribution in [1.29, 1.82) is 0 Å². The number of nitrogens with zero attached hydrogens (tertiary/aromatic N) is 2. The Kier molecular flexibility index (Phi) is 4.75. The molecule has 0 aliphatic carbocycles. The van der Waals surface area contributed by atoms with Gasteiger partial charge in [-0.3, -0.25) is 19.3 Å². The molecule has 3 aromatic rings. The lowest BCUT2D eigenvalue weighted by Gasteiger charge is -2.20. The van der Waals surface area contributed by atoms with Crippen molar-refractivity contribution in [2.24, 2.45) is 0 Å². The second kappa shape index (κ2) is 7.72. The van der Waals surface area contributed by atoms with Crippen LogP contribution in [0.1, 0.15) is 28.8 Å². The average Bonchev–Trinajstić information content (AvgIpc) is 3.37. The summed E-state index contributed by atoms with van der Waals surface area (Å²) >= 11 is 0. The molecule has 3 aromatic carbocycles. The zero-order chi connectivity index (χ0) is 21.4. The number of benzene rings is 3. The zero-order valence-corrected chi connectivity index (χ0v) is 16.9. The van der Waals surface area contributed by atoms with E-state index in [1.807, 2.05) is 30.3 Å². The van der Waals surface area contributed by atoms with Crippen molar-refractivity contribution >= 4 is 40.5 Å². The first-order valence-electron chi connectivity index (χ1n) is 10.3. The summed E-state index contributed by atoms with van der Waals surface area (Å²) in [5.41, 5.74) is 5.15. The van der Waals surface area contributed by atoms with E-state index in [-0.39, 0.29) is 30.6 Å². The van der Waals surface area contributed by atoms with Crippen LogP contribution in [0.2, 0.25) is 0 Å². The van der Waals surface area contributed by atoms with Crippen LogP contribution in [-0.2, 0) is 16.0 Å². The minimum absolute atomic E-state index is 0.211. The summed E-state index contributed by atoms with van der Waals surface area (Å²) in [4.78, 5) is 40.1. The summed E-state index contributed by atoms with van der Waals surface area (Å²) in [6, 6.07) is 22.7. The quantitative estimate of drug-likeness (QED) is 0.651. The van der Waals surface area contributed by atoms with Crippen LogP contribution >= 0.6 is 0 Å². The standard InChI is InChI=1S/C25H21N3O3/c29-23-12-13-24(30)28(23)21-6-3-5-18(16-21)25(31)26-19-8-10-20(11-9-19)27-15-14-17-4-1-2-7-22(17)27/h1-11,16H,12-15H2,(H,26,31). The summed E-state index contributed by atoms with van der Waals surface area (Å²) in [7, 11) is 0. The molecule has 6 heteroatoms. The predicted molar refractivity (Wildman–Crippen MR) is 120 cm³/mol. The van der Waals surface area contributed by atoms with Crippen molar-refractivity contribution in [2.75, 3.05) is 21.7 Å². The Balaban J connectivity index is 1.31. The lowest BCUT2D eigenvalue weighted by atomic mass is 10.1. The van der Waals surface area contributed by atoms with Gasteiger partial charge in [0.1, 0.15) is 0 Å². The van der Waals surface area contributed by atoms with Crippen molar-refractivity contribution in [2.45, 2.75) is 19.3 Å². The van der Waals surface area contributed by atoms with Crippen LogP contribution in [0.15, 0.2) is 72.8 Å². The van der Waals surface area contributed by atoms with Crippen LogP contribution in [0.4, 0.5) is 22.7 Å². The molecular weight excluding hydrogens is 390 g/mol. The SMILES string of the molecule is O=C(Nc1ccc(N2CCc3ccccc32)cc1)c1cccc(N2C(=O)CCC2=O)c1. The number of nitrogens with one attached hydrogen (secondary N) is 1. The fourth-order valence-corrected chi connectivity index (χ4v) is 4.19. The first-order chi connectivity index (χ1) is 15.1. The summed E-state index contributed by atoms with van der Waals surface area (Å²) in [6.45, 7) is 0.936. The van der Waals surface area contributed by atoms with Crippen molar-refractivity contribution in [3.8, 4) is 0 Å². The highest BCUT2D eigenvalue weighted by molar-refractivity contribution is 6.20. The summed E-state index contributed by atoms with van der Waals surface area (Å²) in [5.74, 6) is -0.761. The second-order valence-corrected chi connectivity index (χ2v) is 7.70. The summed E-state index contributed by atoms with van der Waals surface area (Å²) in [5, 5.41) is 2.89. The Hall–Kier alpha value is -3.93. The molecule has 0 spiro atoms. The third-order valence-corrected chi connectivity index (χ3v) is 5.74. The Morgan fingerprint density at radius 1 is 0.774 bits per heavy atom. The van der Waals surface area contributed by atoms with Gasteiger partial charge in [-0.1, -0.05) is 24.3 Å². The molecule has 2 heterocycles. The van der Waals surface area contributed by atoms with Gasteiger partial charge in [-0.05, 0) is 60.5 Å². The molecular formula is C25H21N3O3. The van der Waals surface area contributed by atoms with E-state index in [0.29, 0.717) is 16.9 Å². The molecule has 0 aromatic heterocycles. The smallest absolute Gasteiger partial charge is 0.255 e. The van der Waals surface area contributed by atoms with Crippen LogP contribution in [0, 0.1) is 0 Å². The minimum atomic E-state index is -0.291. The maximum absolute atomic E-state index is 12.7. The Bertz CT molecular complexity index is 1170. The van der Waals surface area contributed by atoms with Gasteiger partial charge in [0.2, 0.25) is 11.8 Å². The number of hydrogen-bond acceptors (Lipinski definition) is 4. The molecule has 0 unspecified atom stereocenters. The van der Waals surface area contributed by atoms with E-state index in [9.17, 15) is 14.4 Å². The molecule has 1 saturated heterocycles. The third-order valence-electron chi connectivity index (χ3n) is 5.74. The number of amides is 3. The van der Waals surface area contributed by atoms with Gasteiger partial charge in [-0.25, -0.2) is 0 Å². The number of hydrogen-bond donors (Lipinski definition) is 1. The monoisotopic (exact) mass is 411 g/mol. The molecule has 2 aliphatic heterocycles. The molecule has 3 amide bonds. The molecule has 1 fully saturated rings. The predicted octanol–water partition coefficient (Wildman–Crippen LogP) is 4.29. The zero-order valence-electron chi connectivity index (χ0n) is 16.9. The first-order valence-corrected chi connectivity index (χ1v) is 10.3. The summed E-state index contributed by atoms with van der Waals surface area (Å²) < 4.78 is 0. The van der Waals surface area contributed by atoms with Crippen molar-refractivity contribution in [3.63, 3.8) is 0 Å². The number of carbonyl (C=O) groups is 3. The van der Waals surface area contributed by atoms with Gasteiger partial charge in [0.05, 0.1) is 5.69 Å². The van der Waals surface area contributed by atoms with Crippen LogP contribution in [0.3, 0.4) is 0 Å². The van der Waals surface area contributed by atoms with Crippen LogP contribution in [-0.4, -0.2) is 24.3 Å². The van der Waals surface area contributed by atoms with Gasteiger partial charge in [-0.15, -0.1) is 0 Å². The van der Waals surface area contributed by atoms with Crippen LogP contribution < -0.4 is 15.1 Å². The molecule has 0 bridgehead atoms. The molecule has 5 rings (SSSR count). The Morgan fingerprint density at radius 2 is 1.52 bits per heavy atom. The number of rotatable bonds is 4. The van der Waals surface area contributed by atoms with Crippen molar-refractivity contribution in [1.82, 2.24) is 0 Å². The number of carbonyl (C=O) groups excluding carboxylic acids is 3. The van der Waals surface area contributed by atoms with E-state index in [2.05, 4.69) is 28.4 Å². The fourth-order valence-electron chi connectivity index (χ4n) is 4.19. The molecule has 0 radical (unpaired) electrons. The number of para-hydroxylation sites is 1. The normalized spacial score (nSPS) is 15.4. The van der Waals surface area contributed by atoms with E-state index in [1.54, 1.807) is 24.3 Å². The van der Waals surface area contributed by atoms with E-state index in [1.165, 1.54) is 11.3 Å². The maximum atomic E-state index is 12.7. The average molecular weight is 411 g/mol. The molecule has 0 saturated carbocycles. The fraction of sp³-hybridized carbons (Fsp3) is 0.160. The lowest BCUT2D eigenvalue weighted by molar-refractivity contribution is -0.121. The van der Waals surface area contributed by atoms with Gasteiger partial charge in [0, 0.05) is 42.0 Å². The number of fused-ring (bicyclic) bond motifs is 1. The van der Waals surface area contributed by atoms with Crippen LogP contribution in [0.25, 0.3) is 0 Å². The van der Waals surface area contributed by atoms with Gasteiger partial charge in [0.25, 0.3) is 5.91 Å². The molecule has 31 heavy (non-hydrogen) atoms. The van der Waals surface area contributed by atoms with Gasteiger partial charge in [0.15, 0.2) is 0 Å². The highest BCUT2D eigenvalue weighted by Gasteiger charge is 2.30. The number of anilines is 4. The summed E-state index contributed by atoms with van der Waals surface area (Å²) in [6.07, 6.45) is 1.44. The van der Waals surface area contributed by atoms with Gasteiger partial charge >= 0.3 is 0 Å². The third kappa shape index (κ3) is 3.57. The maximum Gasteiger partial charge on any atom is 0.255 e. The van der Waals surface area contributed by atoms with Crippen molar-refractivity contribution < 1.29 is 14.4 Å². The van der Waals surface area contributed by atoms with E-state index < -0.39 is 0 Å². The Morgan fingerprint density at radius 3 is 2.29 bits per heavy atom. The number of imide groups is 1. The first kappa shape index (κ1) is 19.1. The highest BCUT2D eigenvalue weighted by Crippen LogP contribution is 2.34. The van der Waals surface area contributed by atoms with Gasteiger partial charge < -0.3 is 10.2 Å².